The van der Waals surface area contributed by atoms with Gasteiger partial charge in [0.2, 0.25) is 5.82 Å². The predicted molar refractivity (Wildman–Crippen MR) is 120 cm³/mol. The van der Waals surface area contributed by atoms with E-state index in [0.29, 0.717) is 5.56 Å². The van der Waals surface area contributed by atoms with Gasteiger partial charge in [0, 0.05) is 0 Å². The molecule has 2 nitrogen and oxygen atoms in total. The lowest BCUT2D eigenvalue weighted by Gasteiger charge is -2.30. The monoisotopic (exact) mass is 434 g/mol. The number of ether oxygens (including phenoxy) is 2. The highest BCUT2D eigenvalue weighted by Gasteiger charge is 2.44. The van der Waals surface area contributed by atoms with Crippen molar-refractivity contribution in [3.05, 3.63) is 29.3 Å². The Labute approximate surface area is 187 Å². The van der Waals surface area contributed by atoms with Gasteiger partial charge in [-0.05, 0) is 92.6 Å². The molecule has 3 saturated carbocycles. The summed E-state index contributed by atoms with van der Waals surface area (Å²) in [4.78, 5) is 0. The Morgan fingerprint density at radius 2 is 1.55 bits per heavy atom. The minimum Gasteiger partial charge on any atom is -0.494 e. The number of fused-ring (bicyclic) bond motifs is 1. The quantitative estimate of drug-likeness (QED) is 0.372. The van der Waals surface area contributed by atoms with E-state index in [1.54, 1.807) is 12.1 Å². The van der Waals surface area contributed by atoms with Crippen LogP contribution in [0.3, 0.4) is 0 Å². The van der Waals surface area contributed by atoms with Crippen LogP contribution in [0.1, 0.15) is 95.5 Å². The molecule has 4 heteroatoms. The van der Waals surface area contributed by atoms with Crippen LogP contribution < -0.4 is 4.74 Å². The molecule has 0 N–H and O–H groups in total. The SMILES string of the molecule is CCCCCC1CCC2C(COC3CCC(c4ccc(OC)c(F)c4F)CC3)CCC12. The van der Waals surface area contributed by atoms with Crippen LogP contribution >= 0.6 is 0 Å². The van der Waals surface area contributed by atoms with Crippen LogP contribution in [0.4, 0.5) is 8.78 Å². The zero-order valence-electron chi connectivity index (χ0n) is 19.4. The Balaban J connectivity index is 1.22. The van der Waals surface area contributed by atoms with E-state index in [4.69, 9.17) is 9.47 Å². The average Bonchev–Trinajstić information content (AvgIpc) is 3.38. The molecule has 1 aromatic carbocycles. The third-order valence-corrected chi connectivity index (χ3v) is 8.64. The van der Waals surface area contributed by atoms with Gasteiger partial charge >= 0.3 is 0 Å². The fraction of sp³-hybridized carbons (Fsp3) is 0.778. The van der Waals surface area contributed by atoms with Crippen molar-refractivity contribution in [2.24, 2.45) is 23.7 Å². The number of unbranched alkanes of at least 4 members (excludes halogenated alkanes) is 2. The number of rotatable bonds is 9. The first kappa shape index (κ1) is 23.0. The summed E-state index contributed by atoms with van der Waals surface area (Å²) in [5.74, 6) is 2.01. The highest BCUT2D eigenvalue weighted by atomic mass is 19.2. The van der Waals surface area contributed by atoms with E-state index < -0.39 is 11.6 Å². The van der Waals surface area contributed by atoms with Gasteiger partial charge in [0.1, 0.15) is 0 Å². The second-order valence-electron chi connectivity index (χ2n) is 10.3. The van der Waals surface area contributed by atoms with E-state index in [9.17, 15) is 8.78 Å². The Hall–Kier alpha value is -1.16. The number of hydrogen-bond donors (Lipinski definition) is 0. The number of halogens is 2. The van der Waals surface area contributed by atoms with E-state index in [1.165, 1.54) is 58.5 Å². The van der Waals surface area contributed by atoms with Gasteiger partial charge in [-0.1, -0.05) is 38.7 Å². The molecule has 3 aliphatic carbocycles. The molecular formula is C27H40F2O2. The largest absolute Gasteiger partial charge is 0.494 e. The van der Waals surface area contributed by atoms with Crippen molar-refractivity contribution in [2.75, 3.05) is 13.7 Å². The highest BCUT2D eigenvalue weighted by molar-refractivity contribution is 5.33. The summed E-state index contributed by atoms with van der Waals surface area (Å²) in [6.45, 7) is 3.20. The molecule has 0 bridgehead atoms. The molecule has 0 saturated heterocycles. The molecule has 3 fully saturated rings. The van der Waals surface area contributed by atoms with Crippen LogP contribution in [0, 0.1) is 35.3 Å². The maximum Gasteiger partial charge on any atom is 0.200 e. The second kappa shape index (κ2) is 10.6. The molecule has 0 aromatic heterocycles. The fourth-order valence-corrected chi connectivity index (χ4v) is 6.88. The number of methoxy groups -OCH3 is 1. The van der Waals surface area contributed by atoms with Crippen molar-refractivity contribution in [3.8, 4) is 5.75 Å². The van der Waals surface area contributed by atoms with Crippen molar-refractivity contribution >= 4 is 0 Å². The maximum atomic E-state index is 14.5. The molecule has 0 aliphatic heterocycles. The van der Waals surface area contributed by atoms with Crippen molar-refractivity contribution < 1.29 is 18.3 Å². The average molecular weight is 435 g/mol. The number of benzene rings is 1. The zero-order chi connectivity index (χ0) is 21.8. The molecule has 0 radical (unpaired) electrons. The molecule has 4 atom stereocenters. The van der Waals surface area contributed by atoms with E-state index in [2.05, 4.69) is 6.92 Å². The van der Waals surface area contributed by atoms with Crippen LogP contribution in [-0.2, 0) is 4.74 Å². The standard InChI is InChI=1S/C27H40F2O2/c1-3-4-5-6-18-9-13-23-20(10-14-22(18)23)17-31-21-11-7-19(8-12-21)24-15-16-25(30-2)27(29)26(24)28/h15-16,18-23H,3-14,17H2,1-2H3. The molecule has 0 amide bonds. The first-order chi connectivity index (χ1) is 15.1. The minimum absolute atomic E-state index is 0.0207. The molecular weight excluding hydrogens is 394 g/mol. The first-order valence-electron chi connectivity index (χ1n) is 12.8. The number of hydrogen-bond acceptors (Lipinski definition) is 2. The Bertz CT molecular complexity index is 713. The van der Waals surface area contributed by atoms with Crippen LogP contribution in [0.2, 0.25) is 0 Å². The third-order valence-electron chi connectivity index (χ3n) is 8.64. The summed E-state index contributed by atoms with van der Waals surface area (Å²) in [6.07, 6.45) is 15.0. The van der Waals surface area contributed by atoms with Gasteiger partial charge in [0.05, 0.1) is 19.8 Å². The second-order valence-corrected chi connectivity index (χ2v) is 10.3. The van der Waals surface area contributed by atoms with Gasteiger partial charge in [-0.25, -0.2) is 4.39 Å². The van der Waals surface area contributed by atoms with E-state index in [0.717, 1.165) is 56.0 Å². The molecule has 4 rings (SSSR count). The van der Waals surface area contributed by atoms with Crippen molar-refractivity contribution in [1.29, 1.82) is 0 Å². The van der Waals surface area contributed by atoms with Crippen LogP contribution in [0.5, 0.6) is 5.75 Å². The summed E-state index contributed by atoms with van der Waals surface area (Å²) in [7, 11) is 1.37. The fourth-order valence-electron chi connectivity index (χ4n) is 6.88. The maximum absolute atomic E-state index is 14.5. The van der Waals surface area contributed by atoms with Crippen molar-refractivity contribution in [1.82, 2.24) is 0 Å². The highest BCUT2D eigenvalue weighted by Crippen LogP contribution is 2.52. The zero-order valence-corrected chi connectivity index (χ0v) is 19.4. The molecule has 174 valence electrons. The Morgan fingerprint density at radius 1 is 0.839 bits per heavy atom. The predicted octanol–water partition coefficient (Wildman–Crippen LogP) is 7.65. The lowest BCUT2D eigenvalue weighted by Crippen LogP contribution is -2.25. The van der Waals surface area contributed by atoms with Crippen LogP contribution in [0.25, 0.3) is 0 Å². The van der Waals surface area contributed by atoms with Crippen molar-refractivity contribution in [2.45, 2.75) is 96.0 Å². The van der Waals surface area contributed by atoms with E-state index in [-0.39, 0.29) is 17.8 Å². The Kier molecular flexibility index (Phi) is 7.90. The first-order valence-corrected chi connectivity index (χ1v) is 12.8. The van der Waals surface area contributed by atoms with Crippen molar-refractivity contribution in [3.63, 3.8) is 0 Å². The van der Waals surface area contributed by atoms with Gasteiger partial charge < -0.3 is 9.47 Å². The molecule has 0 heterocycles. The van der Waals surface area contributed by atoms with Gasteiger partial charge in [0.25, 0.3) is 0 Å². The van der Waals surface area contributed by atoms with Gasteiger partial charge in [-0.2, -0.15) is 4.39 Å². The lowest BCUT2D eigenvalue weighted by atomic mass is 9.82. The topological polar surface area (TPSA) is 18.5 Å². The molecule has 31 heavy (non-hydrogen) atoms. The molecule has 1 aromatic rings. The molecule has 0 spiro atoms. The normalized spacial score (nSPS) is 32.9. The van der Waals surface area contributed by atoms with E-state index >= 15 is 0 Å². The van der Waals surface area contributed by atoms with Gasteiger partial charge in [-0.3, -0.25) is 0 Å². The smallest absolute Gasteiger partial charge is 0.200 e. The summed E-state index contributed by atoms with van der Waals surface area (Å²) in [6, 6.07) is 3.24. The lowest BCUT2D eigenvalue weighted by molar-refractivity contribution is -0.00340. The summed E-state index contributed by atoms with van der Waals surface area (Å²) >= 11 is 0. The Morgan fingerprint density at radius 3 is 2.26 bits per heavy atom. The third kappa shape index (κ3) is 5.10. The molecule has 3 aliphatic rings. The minimum atomic E-state index is -0.862. The van der Waals surface area contributed by atoms with Crippen LogP contribution in [-0.4, -0.2) is 19.8 Å². The summed E-state index contributed by atoms with van der Waals surface area (Å²) < 4.78 is 39.8. The summed E-state index contributed by atoms with van der Waals surface area (Å²) in [5, 5.41) is 0. The van der Waals surface area contributed by atoms with Gasteiger partial charge in [0.15, 0.2) is 11.6 Å². The molecule has 4 unspecified atom stereocenters. The van der Waals surface area contributed by atoms with Gasteiger partial charge in [-0.15, -0.1) is 0 Å². The summed E-state index contributed by atoms with van der Waals surface area (Å²) in [5.41, 5.74) is 0.496. The van der Waals surface area contributed by atoms with E-state index in [1.807, 2.05) is 0 Å². The van der Waals surface area contributed by atoms with Crippen LogP contribution in [0.15, 0.2) is 12.1 Å².